The Kier molecular flexibility index (Phi) is 3.90. The number of aryl methyl sites for hydroxylation is 1. The van der Waals surface area contributed by atoms with Crippen molar-refractivity contribution >= 4 is 17.3 Å². The molecule has 1 aromatic rings. The molecule has 0 aromatic heterocycles. The molecule has 3 nitrogen and oxygen atoms in total. The van der Waals surface area contributed by atoms with E-state index in [0.717, 1.165) is 17.3 Å². The minimum absolute atomic E-state index is 0.0284. The fourth-order valence-corrected chi connectivity index (χ4v) is 2.62. The molecule has 0 bridgehead atoms. The highest BCUT2D eigenvalue weighted by Crippen LogP contribution is 2.29. The van der Waals surface area contributed by atoms with Crippen molar-refractivity contribution < 1.29 is 4.79 Å². The van der Waals surface area contributed by atoms with Crippen LogP contribution in [0.15, 0.2) is 18.2 Å². The average Bonchev–Trinajstić information content (AvgIpc) is 2.68. The van der Waals surface area contributed by atoms with Crippen molar-refractivity contribution in [2.75, 3.05) is 10.6 Å². The number of hydrogen-bond acceptors (Lipinski definition) is 2. The van der Waals surface area contributed by atoms with Crippen LogP contribution in [0, 0.1) is 12.8 Å². The van der Waals surface area contributed by atoms with Crippen LogP contribution in [0.25, 0.3) is 0 Å². The second-order valence-electron chi connectivity index (χ2n) is 5.47. The molecule has 1 fully saturated rings. The zero-order chi connectivity index (χ0) is 13.1. The molecule has 2 unspecified atom stereocenters. The molecule has 0 heterocycles. The van der Waals surface area contributed by atoms with E-state index < -0.39 is 0 Å². The highest BCUT2D eigenvalue weighted by atomic mass is 16.1. The predicted molar refractivity (Wildman–Crippen MR) is 75.9 cm³/mol. The molecule has 0 saturated heterocycles. The van der Waals surface area contributed by atoms with Gasteiger partial charge < -0.3 is 10.6 Å². The van der Waals surface area contributed by atoms with Crippen molar-refractivity contribution in [2.45, 2.75) is 46.1 Å². The first-order chi connectivity index (χ1) is 8.54. The van der Waals surface area contributed by atoms with Crippen LogP contribution in [0.1, 0.15) is 38.7 Å². The zero-order valence-corrected chi connectivity index (χ0v) is 11.4. The van der Waals surface area contributed by atoms with E-state index in [1.165, 1.54) is 31.7 Å². The topological polar surface area (TPSA) is 41.1 Å². The number of amides is 1. The average molecular weight is 246 g/mol. The standard InChI is InChI=1S/C15H22N2O/c1-10-4-6-13(8-10)17-15-9-14(16-12(3)18)7-5-11(15)2/h5,7,9-10,13,17H,4,6,8H2,1-3H3,(H,16,18). The van der Waals surface area contributed by atoms with Gasteiger partial charge in [0.1, 0.15) is 0 Å². The summed E-state index contributed by atoms with van der Waals surface area (Å²) in [5.41, 5.74) is 3.23. The van der Waals surface area contributed by atoms with Gasteiger partial charge in [0.15, 0.2) is 0 Å². The summed E-state index contributed by atoms with van der Waals surface area (Å²) in [6, 6.07) is 6.59. The van der Waals surface area contributed by atoms with Gasteiger partial charge in [0, 0.05) is 24.3 Å². The lowest BCUT2D eigenvalue weighted by atomic mass is 10.1. The number of carbonyl (C=O) groups excluding carboxylic acids is 1. The Morgan fingerprint density at radius 3 is 2.72 bits per heavy atom. The Balaban J connectivity index is 2.08. The first-order valence-corrected chi connectivity index (χ1v) is 6.69. The van der Waals surface area contributed by atoms with Gasteiger partial charge in [-0.1, -0.05) is 13.0 Å². The van der Waals surface area contributed by atoms with E-state index >= 15 is 0 Å². The van der Waals surface area contributed by atoms with Crippen LogP contribution < -0.4 is 10.6 Å². The fraction of sp³-hybridized carbons (Fsp3) is 0.533. The summed E-state index contributed by atoms with van der Waals surface area (Å²) in [7, 11) is 0. The Hall–Kier alpha value is -1.51. The molecule has 98 valence electrons. The van der Waals surface area contributed by atoms with Crippen LogP contribution in [0.2, 0.25) is 0 Å². The molecule has 1 aliphatic rings. The highest BCUT2D eigenvalue weighted by Gasteiger charge is 2.21. The lowest BCUT2D eigenvalue weighted by Gasteiger charge is -2.17. The summed E-state index contributed by atoms with van der Waals surface area (Å²) in [6.07, 6.45) is 3.79. The van der Waals surface area contributed by atoms with Gasteiger partial charge in [-0.25, -0.2) is 0 Å². The minimum Gasteiger partial charge on any atom is -0.382 e. The van der Waals surface area contributed by atoms with E-state index in [1.54, 1.807) is 0 Å². The summed E-state index contributed by atoms with van der Waals surface area (Å²) in [4.78, 5) is 11.1. The fourth-order valence-electron chi connectivity index (χ4n) is 2.62. The second kappa shape index (κ2) is 5.42. The number of carbonyl (C=O) groups is 1. The number of anilines is 2. The Labute approximate surface area is 109 Å². The third-order valence-corrected chi connectivity index (χ3v) is 3.61. The number of rotatable bonds is 3. The molecule has 18 heavy (non-hydrogen) atoms. The van der Waals surface area contributed by atoms with E-state index in [4.69, 9.17) is 0 Å². The number of hydrogen-bond donors (Lipinski definition) is 2. The molecule has 0 radical (unpaired) electrons. The molecule has 2 N–H and O–H groups in total. The molecule has 1 amide bonds. The molecule has 3 heteroatoms. The van der Waals surface area contributed by atoms with Crippen LogP contribution in [-0.2, 0) is 4.79 Å². The lowest BCUT2D eigenvalue weighted by Crippen LogP contribution is -2.16. The quantitative estimate of drug-likeness (QED) is 0.856. The van der Waals surface area contributed by atoms with Crippen molar-refractivity contribution in [1.29, 1.82) is 0 Å². The van der Waals surface area contributed by atoms with Gasteiger partial charge in [-0.15, -0.1) is 0 Å². The third-order valence-electron chi connectivity index (χ3n) is 3.61. The Morgan fingerprint density at radius 2 is 2.11 bits per heavy atom. The van der Waals surface area contributed by atoms with Crippen LogP contribution in [0.3, 0.4) is 0 Å². The smallest absolute Gasteiger partial charge is 0.221 e. The van der Waals surface area contributed by atoms with Crippen molar-refractivity contribution in [2.24, 2.45) is 5.92 Å². The monoisotopic (exact) mass is 246 g/mol. The van der Waals surface area contributed by atoms with Crippen molar-refractivity contribution in [1.82, 2.24) is 0 Å². The summed E-state index contributed by atoms with van der Waals surface area (Å²) < 4.78 is 0. The van der Waals surface area contributed by atoms with Gasteiger partial charge in [-0.05, 0) is 49.8 Å². The van der Waals surface area contributed by atoms with Crippen molar-refractivity contribution in [3.63, 3.8) is 0 Å². The first-order valence-electron chi connectivity index (χ1n) is 6.69. The van der Waals surface area contributed by atoms with Gasteiger partial charge in [0.2, 0.25) is 5.91 Å². The van der Waals surface area contributed by atoms with E-state index in [2.05, 4.69) is 24.5 Å². The van der Waals surface area contributed by atoms with E-state index in [0.29, 0.717) is 6.04 Å². The number of nitrogens with one attached hydrogen (secondary N) is 2. The van der Waals surface area contributed by atoms with E-state index in [1.807, 2.05) is 18.2 Å². The Morgan fingerprint density at radius 1 is 1.33 bits per heavy atom. The SMILES string of the molecule is CC(=O)Nc1ccc(C)c(NC2CCC(C)C2)c1. The second-order valence-corrected chi connectivity index (χ2v) is 5.47. The van der Waals surface area contributed by atoms with E-state index in [9.17, 15) is 4.79 Å². The van der Waals surface area contributed by atoms with Crippen LogP contribution in [0.4, 0.5) is 11.4 Å². The molecule has 1 aromatic carbocycles. The summed E-state index contributed by atoms with van der Waals surface area (Å²) in [5.74, 6) is 0.792. The molecule has 1 aliphatic carbocycles. The molecular weight excluding hydrogens is 224 g/mol. The van der Waals surface area contributed by atoms with Crippen molar-refractivity contribution in [3.8, 4) is 0 Å². The first kappa shape index (κ1) is 12.9. The van der Waals surface area contributed by atoms with E-state index in [-0.39, 0.29) is 5.91 Å². The largest absolute Gasteiger partial charge is 0.382 e. The predicted octanol–water partition coefficient (Wildman–Crippen LogP) is 3.55. The van der Waals surface area contributed by atoms with Gasteiger partial charge in [-0.3, -0.25) is 4.79 Å². The van der Waals surface area contributed by atoms with Crippen molar-refractivity contribution in [3.05, 3.63) is 23.8 Å². The van der Waals surface area contributed by atoms with Crippen LogP contribution in [0.5, 0.6) is 0 Å². The maximum atomic E-state index is 11.1. The van der Waals surface area contributed by atoms with Crippen LogP contribution >= 0.6 is 0 Å². The third kappa shape index (κ3) is 3.25. The summed E-state index contributed by atoms with van der Waals surface area (Å²) >= 11 is 0. The molecule has 0 aliphatic heterocycles. The van der Waals surface area contributed by atoms with Gasteiger partial charge in [-0.2, -0.15) is 0 Å². The van der Waals surface area contributed by atoms with Gasteiger partial charge >= 0.3 is 0 Å². The lowest BCUT2D eigenvalue weighted by molar-refractivity contribution is -0.114. The van der Waals surface area contributed by atoms with Gasteiger partial charge in [0.05, 0.1) is 0 Å². The Bertz CT molecular complexity index is 442. The highest BCUT2D eigenvalue weighted by molar-refractivity contribution is 5.89. The normalized spacial score (nSPS) is 22.8. The minimum atomic E-state index is -0.0284. The molecule has 0 spiro atoms. The summed E-state index contributed by atoms with van der Waals surface area (Å²) in [5, 5.41) is 6.43. The molecule has 1 saturated carbocycles. The van der Waals surface area contributed by atoms with Crippen LogP contribution in [-0.4, -0.2) is 11.9 Å². The maximum absolute atomic E-state index is 11.1. The molecular formula is C15H22N2O. The summed E-state index contributed by atoms with van der Waals surface area (Å²) in [6.45, 7) is 5.94. The maximum Gasteiger partial charge on any atom is 0.221 e. The van der Waals surface area contributed by atoms with Gasteiger partial charge in [0.25, 0.3) is 0 Å². The zero-order valence-electron chi connectivity index (χ0n) is 11.4. The molecule has 2 rings (SSSR count). The number of benzene rings is 1. The molecule has 2 atom stereocenters.